The van der Waals surface area contributed by atoms with Gasteiger partial charge in [-0.3, -0.25) is 0 Å². The molecule has 1 aliphatic heterocycles. The largest absolute Gasteiger partial charge is 0.330 e. The fourth-order valence-corrected chi connectivity index (χ4v) is 2.99. The average Bonchev–Trinajstić information content (AvgIpc) is 2.18. The van der Waals surface area contributed by atoms with E-state index in [1.165, 1.54) is 25.7 Å². The molecule has 0 aromatic heterocycles. The maximum absolute atomic E-state index is 6.03. The van der Waals surface area contributed by atoms with Crippen LogP contribution in [0.4, 0.5) is 0 Å². The summed E-state index contributed by atoms with van der Waals surface area (Å²) in [7, 11) is 0. The van der Waals surface area contributed by atoms with Gasteiger partial charge in [0.2, 0.25) is 0 Å². The first-order valence-corrected chi connectivity index (χ1v) is 5.50. The molecule has 0 aromatic carbocycles. The molecular weight excluding hydrogens is 162 g/mol. The SMILES string of the molecule is NCC1CCC2C(CCNC2N)C1. The quantitative estimate of drug-likeness (QED) is 0.546. The molecule has 1 heterocycles. The maximum Gasteiger partial charge on any atom is 0.0578 e. The molecule has 0 bridgehead atoms. The number of rotatable bonds is 1. The van der Waals surface area contributed by atoms with E-state index in [9.17, 15) is 0 Å². The first-order valence-electron chi connectivity index (χ1n) is 5.50. The Balaban J connectivity index is 1.95. The predicted molar refractivity (Wildman–Crippen MR) is 54.0 cm³/mol. The Labute approximate surface area is 80.2 Å². The van der Waals surface area contributed by atoms with E-state index >= 15 is 0 Å². The molecule has 1 aliphatic carbocycles. The molecule has 3 nitrogen and oxygen atoms in total. The highest BCUT2D eigenvalue weighted by Gasteiger charge is 2.35. The fraction of sp³-hybridized carbons (Fsp3) is 1.00. The van der Waals surface area contributed by atoms with E-state index in [0.717, 1.165) is 30.8 Å². The van der Waals surface area contributed by atoms with Crippen LogP contribution in [0, 0.1) is 17.8 Å². The topological polar surface area (TPSA) is 64.1 Å². The van der Waals surface area contributed by atoms with Gasteiger partial charge in [-0.25, -0.2) is 0 Å². The van der Waals surface area contributed by atoms with E-state index in [1.54, 1.807) is 0 Å². The van der Waals surface area contributed by atoms with Gasteiger partial charge in [0.25, 0.3) is 0 Å². The molecule has 0 spiro atoms. The highest BCUT2D eigenvalue weighted by Crippen LogP contribution is 2.37. The Kier molecular flexibility index (Phi) is 2.86. The van der Waals surface area contributed by atoms with Gasteiger partial charge in [-0.2, -0.15) is 0 Å². The summed E-state index contributed by atoms with van der Waals surface area (Å²) >= 11 is 0. The zero-order valence-corrected chi connectivity index (χ0v) is 8.21. The normalized spacial score (nSPS) is 45.7. The van der Waals surface area contributed by atoms with Crippen molar-refractivity contribution in [2.75, 3.05) is 13.1 Å². The van der Waals surface area contributed by atoms with Gasteiger partial charge in [0, 0.05) is 0 Å². The molecule has 5 N–H and O–H groups in total. The molecule has 2 rings (SSSR count). The van der Waals surface area contributed by atoms with Crippen LogP contribution in [0.25, 0.3) is 0 Å². The van der Waals surface area contributed by atoms with Crippen LogP contribution >= 0.6 is 0 Å². The van der Waals surface area contributed by atoms with Crippen LogP contribution in [0.3, 0.4) is 0 Å². The van der Waals surface area contributed by atoms with Gasteiger partial charge in [0.15, 0.2) is 0 Å². The van der Waals surface area contributed by atoms with Crippen LogP contribution in [0.1, 0.15) is 25.7 Å². The van der Waals surface area contributed by atoms with E-state index in [1.807, 2.05) is 0 Å². The molecule has 2 fully saturated rings. The number of fused-ring (bicyclic) bond motifs is 1. The molecule has 13 heavy (non-hydrogen) atoms. The number of piperidine rings is 1. The van der Waals surface area contributed by atoms with Crippen molar-refractivity contribution in [3.63, 3.8) is 0 Å². The summed E-state index contributed by atoms with van der Waals surface area (Å²) in [6.07, 6.45) is 5.43. The zero-order valence-electron chi connectivity index (χ0n) is 8.21. The van der Waals surface area contributed by atoms with Gasteiger partial charge in [0.1, 0.15) is 0 Å². The van der Waals surface area contributed by atoms with Gasteiger partial charge < -0.3 is 16.8 Å². The van der Waals surface area contributed by atoms with Crippen LogP contribution in [0.5, 0.6) is 0 Å². The summed E-state index contributed by atoms with van der Waals surface area (Å²) in [5.41, 5.74) is 11.7. The van der Waals surface area contributed by atoms with Crippen molar-refractivity contribution in [3.05, 3.63) is 0 Å². The van der Waals surface area contributed by atoms with Crippen LogP contribution in [-0.2, 0) is 0 Å². The van der Waals surface area contributed by atoms with E-state index in [-0.39, 0.29) is 6.17 Å². The standard InChI is InChI=1S/C10H21N3/c11-6-7-1-2-9-8(5-7)3-4-13-10(9)12/h7-10,13H,1-6,11-12H2. The molecule has 1 saturated carbocycles. The van der Waals surface area contributed by atoms with Crippen LogP contribution in [-0.4, -0.2) is 19.3 Å². The second kappa shape index (κ2) is 3.95. The molecule has 76 valence electrons. The minimum Gasteiger partial charge on any atom is -0.330 e. The molecule has 4 unspecified atom stereocenters. The highest BCUT2D eigenvalue weighted by atomic mass is 15.0. The molecule has 0 amide bonds. The molecule has 1 saturated heterocycles. The van der Waals surface area contributed by atoms with E-state index < -0.39 is 0 Å². The number of nitrogens with one attached hydrogen (secondary N) is 1. The smallest absolute Gasteiger partial charge is 0.0578 e. The zero-order chi connectivity index (χ0) is 9.26. The lowest BCUT2D eigenvalue weighted by Gasteiger charge is -2.42. The van der Waals surface area contributed by atoms with Crippen molar-refractivity contribution in [3.8, 4) is 0 Å². The van der Waals surface area contributed by atoms with Crippen LogP contribution < -0.4 is 16.8 Å². The number of hydrogen-bond acceptors (Lipinski definition) is 3. The maximum atomic E-state index is 6.03. The molecule has 3 heteroatoms. The van der Waals surface area contributed by atoms with Crippen molar-refractivity contribution >= 4 is 0 Å². The van der Waals surface area contributed by atoms with Gasteiger partial charge >= 0.3 is 0 Å². The van der Waals surface area contributed by atoms with Gasteiger partial charge in [-0.1, -0.05) is 0 Å². The predicted octanol–water partition coefficient (Wildman–Crippen LogP) is 0.256. The lowest BCUT2D eigenvalue weighted by atomic mass is 9.70. The third kappa shape index (κ3) is 1.87. The van der Waals surface area contributed by atoms with E-state index in [4.69, 9.17) is 11.5 Å². The Morgan fingerprint density at radius 1 is 1.23 bits per heavy atom. The lowest BCUT2D eigenvalue weighted by Crippen LogP contribution is -2.53. The number of hydrogen-bond donors (Lipinski definition) is 3. The first kappa shape index (κ1) is 9.44. The average molecular weight is 183 g/mol. The fourth-order valence-electron chi connectivity index (χ4n) is 2.99. The molecule has 2 aliphatic rings. The van der Waals surface area contributed by atoms with E-state index in [2.05, 4.69) is 5.32 Å². The van der Waals surface area contributed by atoms with Crippen molar-refractivity contribution in [1.29, 1.82) is 0 Å². The summed E-state index contributed by atoms with van der Waals surface area (Å²) < 4.78 is 0. The summed E-state index contributed by atoms with van der Waals surface area (Å²) in [6, 6.07) is 0. The van der Waals surface area contributed by atoms with Gasteiger partial charge in [0.05, 0.1) is 6.17 Å². The van der Waals surface area contributed by atoms with E-state index in [0.29, 0.717) is 0 Å². The molecule has 0 aromatic rings. The second-order valence-electron chi connectivity index (χ2n) is 4.61. The summed E-state index contributed by atoms with van der Waals surface area (Å²) in [5, 5.41) is 3.36. The third-order valence-electron chi connectivity index (χ3n) is 3.84. The molecule has 0 radical (unpaired) electrons. The van der Waals surface area contributed by atoms with Crippen molar-refractivity contribution < 1.29 is 0 Å². The summed E-state index contributed by atoms with van der Waals surface area (Å²) in [5.74, 6) is 2.33. The molecular formula is C10H21N3. The van der Waals surface area contributed by atoms with Gasteiger partial charge in [-0.15, -0.1) is 0 Å². The highest BCUT2D eigenvalue weighted by molar-refractivity contribution is 4.89. The summed E-state index contributed by atoms with van der Waals surface area (Å²) in [6.45, 7) is 1.96. The second-order valence-corrected chi connectivity index (χ2v) is 4.61. The number of nitrogens with two attached hydrogens (primary N) is 2. The third-order valence-corrected chi connectivity index (χ3v) is 3.84. The Bertz CT molecular complexity index is 172. The Morgan fingerprint density at radius 3 is 2.85 bits per heavy atom. The minimum absolute atomic E-state index is 0.248. The van der Waals surface area contributed by atoms with Crippen molar-refractivity contribution in [2.24, 2.45) is 29.2 Å². The lowest BCUT2D eigenvalue weighted by molar-refractivity contribution is 0.106. The Morgan fingerprint density at radius 2 is 2.08 bits per heavy atom. The molecule has 4 atom stereocenters. The van der Waals surface area contributed by atoms with Crippen molar-refractivity contribution in [1.82, 2.24) is 5.32 Å². The summed E-state index contributed by atoms with van der Waals surface area (Å²) in [4.78, 5) is 0. The monoisotopic (exact) mass is 183 g/mol. The Hall–Kier alpha value is -0.120. The minimum atomic E-state index is 0.248. The first-order chi connectivity index (χ1) is 6.31. The van der Waals surface area contributed by atoms with Gasteiger partial charge in [-0.05, 0) is 56.5 Å². The van der Waals surface area contributed by atoms with Crippen LogP contribution in [0.15, 0.2) is 0 Å². The van der Waals surface area contributed by atoms with Crippen molar-refractivity contribution in [2.45, 2.75) is 31.8 Å². The van der Waals surface area contributed by atoms with Crippen LogP contribution in [0.2, 0.25) is 0 Å².